The van der Waals surface area contributed by atoms with Gasteiger partial charge in [-0.2, -0.15) is 11.8 Å². The second kappa shape index (κ2) is 15.4. The summed E-state index contributed by atoms with van der Waals surface area (Å²) in [6.45, 7) is 0. The van der Waals surface area contributed by atoms with Crippen molar-refractivity contribution in [2.75, 3.05) is 12.0 Å². The van der Waals surface area contributed by atoms with Crippen molar-refractivity contribution in [3.8, 4) is 0 Å². The summed E-state index contributed by atoms with van der Waals surface area (Å²) >= 11 is 1.50. The van der Waals surface area contributed by atoms with Gasteiger partial charge in [0.05, 0.1) is 18.8 Å². The first-order valence-electron chi connectivity index (χ1n) is 11.8. The fraction of sp³-hybridized carbons (Fsp3) is 0.417. The number of nitrogens with one attached hydrogen (secondary N) is 4. The van der Waals surface area contributed by atoms with E-state index < -0.39 is 60.2 Å². The molecule has 0 radical (unpaired) electrons. The van der Waals surface area contributed by atoms with Crippen LogP contribution >= 0.6 is 11.8 Å². The van der Waals surface area contributed by atoms with Crippen molar-refractivity contribution in [2.24, 2.45) is 11.5 Å². The highest BCUT2D eigenvalue weighted by atomic mass is 32.2. The minimum absolute atomic E-state index is 0.0148. The van der Waals surface area contributed by atoms with Gasteiger partial charge in [0.25, 0.3) is 0 Å². The third-order valence-electron chi connectivity index (χ3n) is 5.52. The summed E-state index contributed by atoms with van der Waals surface area (Å²) in [5.74, 6) is -3.79. The van der Waals surface area contributed by atoms with Gasteiger partial charge >= 0.3 is 5.97 Å². The van der Waals surface area contributed by atoms with E-state index in [0.29, 0.717) is 23.4 Å². The maximum absolute atomic E-state index is 13.2. The van der Waals surface area contributed by atoms with Crippen molar-refractivity contribution in [3.05, 3.63) is 54.1 Å². The summed E-state index contributed by atoms with van der Waals surface area (Å²) in [6.07, 6.45) is 4.44. The molecule has 0 bridgehead atoms. The third kappa shape index (κ3) is 10.2. The lowest BCUT2D eigenvalue weighted by Crippen LogP contribution is -2.58. The fourth-order valence-electron chi connectivity index (χ4n) is 3.49. The van der Waals surface area contributed by atoms with Crippen LogP contribution in [-0.2, 0) is 36.8 Å². The molecular weight excluding hydrogens is 514 g/mol. The Morgan fingerprint density at radius 1 is 0.974 bits per heavy atom. The number of H-pyrrole nitrogens is 1. The molecule has 4 amide bonds. The largest absolute Gasteiger partial charge is 0.480 e. The SMILES string of the molecule is CSCCC(N)C(=O)NC(CC(N)=O)C(=O)NC(Cc1cnc[nH]1)C(=O)NC(Cc1ccccc1)C(=O)O. The summed E-state index contributed by atoms with van der Waals surface area (Å²) in [5, 5.41) is 17.0. The van der Waals surface area contributed by atoms with Crippen LogP contribution in [0.3, 0.4) is 0 Å². The first-order chi connectivity index (χ1) is 18.1. The molecule has 206 valence electrons. The Balaban J connectivity index is 2.19. The lowest BCUT2D eigenvalue weighted by molar-refractivity contribution is -0.142. The fourth-order valence-corrected chi connectivity index (χ4v) is 3.97. The summed E-state index contributed by atoms with van der Waals surface area (Å²) in [4.78, 5) is 68.9. The molecule has 0 aliphatic rings. The molecule has 1 aromatic carbocycles. The molecule has 0 spiro atoms. The average Bonchev–Trinajstić information content (AvgIpc) is 3.39. The first-order valence-corrected chi connectivity index (χ1v) is 13.2. The molecule has 4 atom stereocenters. The number of benzene rings is 1. The highest BCUT2D eigenvalue weighted by Gasteiger charge is 2.31. The van der Waals surface area contributed by atoms with Crippen molar-refractivity contribution < 1.29 is 29.1 Å². The maximum Gasteiger partial charge on any atom is 0.326 e. The van der Waals surface area contributed by atoms with Crippen LogP contribution in [0, 0.1) is 0 Å². The van der Waals surface area contributed by atoms with Gasteiger partial charge in [0.15, 0.2) is 0 Å². The number of primary amides is 1. The number of thioether (sulfide) groups is 1. The van der Waals surface area contributed by atoms with Gasteiger partial charge in [-0.05, 0) is 24.0 Å². The van der Waals surface area contributed by atoms with E-state index in [4.69, 9.17) is 11.5 Å². The number of aromatic nitrogens is 2. The number of nitrogens with two attached hydrogens (primary N) is 2. The number of hydrogen-bond donors (Lipinski definition) is 7. The molecule has 0 fully saturated rings. The molecule has 1 heterocycles. The minimum atomic E-state index is -1.39. The van der Waals surface area contributed by atoms with Crippen molar-refractivity contribution in [3.63, 3.8) is 0 Å². The highest BCUT2D eigenvalue weighted by molar-refractivity contribution is 7.98. The number of carboxylic acid groups (broad SMARTS) is 1. The maximum atomic E-state index is 13.2. The van der Waals surface area contributed by atoms with E-state index in [1.54, 1.807) is 30.3 Å². The number of amides is 4. The number of aliphatic carboxylic acids is 1. The lowest BCUT2D eigenvalue weighted by Gasteiger charge is -2.24. The number of carbonyl (C=O) groups is 5. The van der Waals surface area contributed by atoms with Gasteiger partial charge in [0, 0.05) is 24.7 Å². The standard InChI is InChI=1S/C24H33N7O6S/c1-38-8-7-16(25)21(33)29-18(11-20(26)32)23(35)30-17(10-15-12-27-13-28-15)22(34)31-19(24(36)37)9-14-5-3-2-4-6-14/h2-6,12-13,16-19H,7-11,25H2,1H3,(H2,26,32)(H,27,28)(H,29,33)(H,30,35)(H,31,34)(H,36,37). The smallest absolute Gasteiger partial charge is 0.326 e. The zero-order chi connectivity index (χ0) is 28.1. The molecule has 2 aromatic rings. The third-order valence-corrected chi connectivity index (χ3v) is 6.16. The Hall–Kier alpha value is -3.91. The Morgan fingerprint density at radius 3 is 2.18 bits per heavy atom. The second-order valence-electron chi connectivity index (χ2n) is 8.55. The highest BCUT2D eigenvalue weighted by Crippen LogP contribution is 2.07. The number of aromatic amines is 1. The summed E-state index contributed by atoms with van der Waals surface area (Å²) in [5.41, 5.74) is 12.3. The van der Waals surface area contributed by atoms with E-state index >= 15 is 0 Å². The zero-order valence-electron chi connectivity index (χ0n) is 20.9. The van der Waals surface area contributed by atoms with Crippen LogP contribution in [0.25, 0.3) is 0 Å². The Morgan fingerprint density at radius 2 is 1.61 bits per heavy atom. The lowest BCUT2D eigenvalue weighted by atomic mass is 10.0. The monoisotopic (exact) mass is 547 g/mol. The molecule has 2 rings (SSSR count). The van der Waals surface area contributed by atoms with Gasteiger partial charge in [-0.1, -0.05) is 30.3 Å². The number of rotatable bonds is 16. The number of imidazole rings is 1. The van der Waals surface area contributed by atoms with Crippen molar-refractivity contribution in [2.45, 2.75) is 49.9 Å². The Labute approximate surface area is 223 Å². The summed E-state index contributed by atoms with van der Waals surface area (Å²) < 4.78 is 0. The topological polar surface area (TPSA) is 222 Å². The molecule has 1 aromatic heterocycles. The molecule has 0 saturated carbocycles. The zero-order valence-corrected chi connectivity index (χ0v) is 21.7. The molecule has 14 heteroatoms. The van der Waals surface area contributed by atoms with Gasteiger partial charge in [0.2, 0.25) is 23.6 Å². The van der Waals surface area contributed by atoms with Crippen LogP contribution in [0.2, 0.25) is 0 Å². The van der Waals surface area contributed by atoms with Gasteiger partial charge in [-0.15, -0.1) is 0 Å². The normalized spacial score (nSPS) is 13.9. The number of carboxylic acids is 1. The number of carbonyl (C=O) groups excluding carboxylic acids is 4. The van der Waals surface area contributed by atoms with Crippen molar-refractivity contribution in [1.82, 2.24) is 25.9 Å². The average molecular weight is 548 g/mol. The van der Waals surface area contributed by atoms with Crippen LogP contribution in [0.15, 0.2) is 42.9 Å². The van der Waals surface area contributed by atoms with E-state index in [1.165, 1.54) is 24.3 Å². The van der Waals surface area contributed by atoms with Crippen molar-refractivity contribution in [1.29, 1.82) is 0 Å². The van der Waals surface area contributed by atoms with E-state index in [2.05, 4.69) is 25.9 Å². The Kier molecular flexibility index (Phi) is 12.3. The summed E-state index contributed by atoms with van der Waals surface area (Å²) in [7, 11) is 0. The van der Waals surface area contributed by atoms with Gasteiger partial charge in [-0.3, -0.25) is 19.2 Å². The predicted octanol–water partition coefficient (Wildman–Crippen LogP) is -1.31. The number of hydrogen-bond acceptors (Lipinski definition) is 8. The molecule has 0 saturated heterocycles. The van der Waals surface area contributed by atoms with E-state index in [-0.39, 0.29) is 12.8 Å². The molecule has 38 heavy (non-hydrogen) atoms. The molecular formula is C24H33N7O6S. The van der Waals surface area contributed by atoms with E-state index in [0.717, 1.165) is 0 Å². The van der Waals surface area contributed by atoms with Gasteiger partial charge in [0.1, 0.15) is 18.1 Å². The molecule has 0 aliphatic carbocycles. The van der Waals surface area contributed by atoms with Crippen LogP contribution in [0.4, 0.5) is 0 Å². The van der Waals surface area contributed by atoms with E-state index in [9.17, 15) is 29.1 Å². The van der Waals surface area contributed by atoms with Crippen LogP contribution in [-0.4, -0.2) is 80.8 Å². The van der Waals surface area contributed by atoms with Crippen LogP contribution < -0.4 is 27.4 Å². The minimum Gasteiger partial charge on any atom is -0.480 e. The Bertz CT molecular complexity index is 1080. The van der Waals surface area contributed by atoms with Gasteiger partial charge < -0.3 is 37.5 Å². The number of nitrogens with zero attached hydrogens (tertiary/aromatic N) is 1. The van der Waals surface area contributed by atoms with Crippen molar-refractivity contribution >= 4 is 41.4 Å². The second-order valence-corrected chi connectivity index (χ2v) is 9.54. The first kappa shape index (κ1) is 30.3. The molecule has 0 aliphatic heterocycles. The summed E-state index contributed by atoms with van der Waals surface area (Å²) in [6, 6.07) is 3.89. The van der Waals surface area contributed by atoms with Crippen LogP contribution in [0.5, 0.6) is 0 Å². The van der Waals surface area contributed by atoms with Gasteiger partial charge in [-0.25, -0.2) is 9.78 Å². The molecule has 13 nitrogen and oxygen atoms in total. The quantitative estimate of drug-likeness (QED) is 0.132. The molecule has 9 N–H and O–H groups in total. The van der Waals surface area contributed by atoms with E-state index in [1.807, 2.05) is 6.26 Å². The molecule has 4 unspecified atom stereocenters. The predicted molar refractivity (Wildman–Crippen MR) is 141 cm³/mol. The van der Waals surface area contributed by atoms with Crippen LogP contribution in [0.1, 0.15) is 24.1 Å².